The summed E-state index contributed by atoms with van der Waals surface area (Å²) in [6, 6.07) is 0. The van der Waals surface area contributed by atoms with Gasteiger partial charge in [-0.2, -0.15) is 7.84 Å². The van der Waals surface area contributed by atoms with E-state index in [1.807, 2.05) is 0 Å². The third-order valence-corrected chi connectivity index (χ3v) is 2.22. The minimum Gasteiger partial charge on any atom is -0.315 e. The molecule has 0 aliphatic carbocycles. The van der Waals surface area contributed by atoms with E-state index in [2.05, 4.69) is 3.63 Å². The molecule has 0 aliphatic heterocycles. The maximum absolute atomic E-state index is 9.82. The fourth-order valence-corrected chi connectivity index (χ4v) is 1.77. The third kappa shape index (κ3) is 8.57. The fourth-order valence-electron chi connectivity index (χ4n) is 0.0657. The maximum atomic E-state index is 9.82. The molecule has 0 bridgehead atoms. The molecule has 0 radical (unpaired) electrons. The molecule has 6 nitrogen and oxygen atoms in total. The molecule has 0 spiro atoms. The molecule has 56 valence electrons. The predicted octanol–water partition coefficient (Wildman–Crippen LogP) is -0.119. The zero-order chi connectivity index (χ0) is 7.49. The van der Waals surface area contributed by atoms with Gasteiger partial charge in [0, 0.05) is 0 Å². The second-order valence-corrected chi connectivity index (χ2v) is 4.83. The van der Waals surface area contributed by atoms with Crippen LogP contribution in [0.1, 0.15) is 0 Å². The van der Waals surface area contributed by atoms with Gasteiger partial charge in [0.1, 0.15) is 11.7 Å². The first-order valence-corrected chi connectivity index (χ1v) is 5.44. The Morgan fingerprint density at radius 3 is 2.11 bits per heavy atom. The van der Waals surface area contributed by atoms with Crippen LogP contribution < -0.4 is 0 Å². The minimum absolute atomic E-state index is 0.342. The zero-order valence-corrected chi connectivity index (χ0v) is 6.36. The van der Waals surface area contributed by atoms with E-state index in [1.165, 1.54) is 0 Å². The van der Waals surface area contributed by atoms with Crippen molar-refractivity contribution < 1.29 is 26.7 Å². The van der Waals surface area contributed by atoms with E-state index in [0.29, 0.717) is 0 Å². The Balaban J connectivity index is 3.53. The van der Waals surface area contributed by atoms with Gasteiger partial charge in [0.25, 0.3) is 0 Å². The van der Waals surface area contributed by atoms with Crippen LogP contribution in [0, 0.1) is 0 Å². The summed E-state index contributed by atoms with van der Waals surface area (Å²) in [4.78, 5) is 15.9. The molecule has 0 aromatic carbocycles. The molecule has 0 aromatic rings. The Morgan fingerprint density at radius 2 is 2.00 bits per heavy atom. The molecule has 0 heterocycles. The third-order valence-electron chi connectivity index (χ3n) is 0.186. The Bertz CT molecular complexity index is 145. The Hall–Kier alpha value is 0.570. The molecule has 0 aliphatic rings. The molecular weight excluding hydrogens is 191 g/mol. The van der Waals surface area contributed by atoms with Crippen molar-refractivity contribution in [2.75, 3.05) is 0 Å². The van der Waals surface area contributed by atoms with Crippen molar-refractivity contribution in [3.63, 3.8) is 0 Å². The highest BCUT2D eigenvalue weighted by atomic mass is 32.7. The minimum atomic E-state index is -4.38. The van der Waals surface area contributed by atoms with Gasteiger partial charge in [-0.3, -0.25) is 4.55 Å². The van der Waals surface area contributed by atoms with Crippen LogP contribution in [-0.2, 0) is 19.6 Å². The van der Waals surface area contributed by atoms with Crippen molar-refractivity contribution in [2.45, 2.75) is 0 Å². The lowest BCUT2D eigenvalue weighted by atomic mass is 15.8. The SMILES string of the molecule is O=S(O)OSP(=O)(O)O. The number of rotatable bonds is 3. The highest BCUT2D eigenvalue weighted by molar-refractivity contribution is 8.53. The van der Waals surface area contributed by atoms with E-state index in [9.17, 15) is 8.77 Å². The van der Waals surface area contributed by atoms with Crippen LogP contribution >= 0.6 is 18.5 Å². The van der Waals surface area contributed by atoms with Gasteiger partial charge < -0.3 is 9.79 Å². The fraction of sp³-hybridized carbons (Fsp3) is 0. The van der Waals surface area contributed by atoms with Gasteiger partial charge in [0.2, 0.25) is 0 Å². The van der Waals surface area contributed by atoms with E-state index in [4.69, 9.17) is 14.3 Å². The number of hydrogen-bond donors (Lipinski definition) is 3. The van der Waals surface area contributed by atoms with Gasteiger partial charge >= 0.3 is 18.2 Å². The molecule has 0 aromatic heterocycles. The molecule has 1 atom stereocenters. The van der Waals surface area contributed by atoms with E-state index >= 15 is 0 Å². The quantitative estimate of drug-likeness (QED) is 0.327. The second-order valence-electron chi connectivity index (χ2n) is 0.850. The van der Waals surface area contributed by atoms with Crippen LogP contribution in [0.15, 0.2) is 0 Å². The molecule has 3 N–H and O–H groups in total. The first kappa shape index (κ1) is 9.57. The lowest BCUT2D eigenvalue weighted by molar-refractivity contribution is 0.392. The summed E-state index contributed by atoms with van der Waals surface area (Å²) in [6.45, 7) is -4.38. The smallest absolute Gasteiger partial charge is 0.315 e. The van der Waals surface area contributed by atoms with E-state index in [0.717, 1.165) is 0 Å². The lowest BCUT2D eigenvalue weighted by Crippen LogP contribution is -1.84. The maximum Gasteiger partial charge on any atom is 0.411 e. The molecule has 9 heteroatoms. The summed E-state index contributed by atoms with van der Waals surface area (Å²) in [7, 11) is 0. The second kappa shape index (κ2) is 3.67. The monoisotopic (exact) mass is 194 g/mol. The summed E-state index contributed by atoms with van der Waals surface area (Å²) in [5.41, 5.74) is 0. The van der Waals surface area contributed by atoms with E-state index in [-0.39, 0.29) is 11.7 Å². The van der Waals surface area contributed by atoms with E-state index in [1.54, 1.807) is 0 Å². The normalized spacial score (nSPS) is 15.4. The topological polar surface area (TPSA) is 104 Å². The van der Waals surface area contributed by atoms with Gasteiger partial charge in [0.05, 0.1) is 0 Å². The van der Waals surface area contributed by atoms with Gasteiger partial charge in [0.15, 0.2) is 0 Å². The number of hydrogen-bond acceptors (Lipinski definition) is 4. The van der Waals surface area contributed by atoms with Crippen molar-refractivity contribution in [3.05, 3.63) is 0 Å². The molecule has 0 saturated heterocycles. The molecule has 0 rings (SSSR count). The highest BCUT2D eigenvalue weighted by Gasteiger charge is 2.16. The van der Waals surface area contributed by atoms with Crippen LogP contribution in [0.3, 0.4) is 0 Å². The van der Waals surface area contributed by atoms with E-state index < -0.39 is 18.2 Å². The van der Waals surface area contributed by atoms with Crippen molar-refractivity contribution in [1.82, 2.24) is 0 Å². The van der Waals surface area contributed by atoms with Crippen molar-refractivity contribution in [2.24, 2.45) is 0 Å². The van der Waals surface area contributed by atoms with Crippen molar-refractivity contribution in [1.29, 1.82) is 0 Å². The van der Waals surface area contributed by atoms with Crippen LogP contribution in [-0.4, -0.2) is 18.5 Å². The molecule has 0 fully saturated rings. The Kier molecular flexibility index (Phi) is 3.90. The highest BCUT2D eigenvalue weighted by Crippen LogP contribution is 2.50. The zero-order valence-electron chi connectivity index (χ0n) is 3.83. The largest absolute Gasteiger partial charge is 0.411 e. The summed E-state index contributed by atoms with van der Waals surface area (Å²) in [5, 5.41) is 0. The van der Waals surface area contributed by atoms with Gasteiger partial charge in [-0.1, -0.05) is 0 Å². The van der Waals surface area contributed by atoms with Crippen LogP contribution in [0.2, 0.25) is 0 Å². The van der Waals surface area contributed by atoms with Crippen molar-refractivity contribution >= 4 is 29.8 Å². The predicted molar refractivity (Wildman–Crippen MR) is 31.5 cm³/mol. The average molecular weight is 194 g/mol. The van der Waals surface area contributed by atoms with Crippen LogP contribution in [0.5, 0.6) is 0 Å². The molecular formula is H3O6PS2. The standard InChI is InChI=1S/H3O6PS2/c1-7(2,3)8-6-9(4)5/h(H,4,5)(H2,1,2,3). The van der Waals surface area contributed by atoms with Gasteiger partial charge in [-0.15, -0.1) is 0 Å². The molecule has 1 unspecified atom stereocenters. The summed E-state index contributed by atoms with van der Waals surface area (Å²) in [5.74, 6) is 0. The summed E-state index contributed by atoms with van der Waals surface area (Å²) in [6.07, 6.45) is 0. The Labute approximate surface area is 57.2 Å². The van der Waals surface area contributed by atoms with Gasteiger partial charge in [-0.25, -0.2) is 4.57 Å². The molecule has 0 saturated carbocycles. The summed E-state index contributed by atoms with van der Waals surface area (Å²) < 4.78 is 30.8. The average Bonchev–Trinajstić information content (AvgIpc) is 1.59. The molecule has 9 heavy (non-hydrogen) atoms. The van der Waals surface area contributed by atoms with Crippen molar-refractivity contribution in [3.8, 4) is 0 Å². The Morgan fingerprint density at radius 1 is 1.56 bits per heavy atom. The first-order chi connectivity index (χ1) is 3.92. The van der Waals surface area contributed by atoms with Crippen LogP contribution in [0.25, 0.3) is 0 Å². The van der Waals surface area contributed by atoms with Crippen LogP contribution in [0.4, 0.5) is 0 Å². The summed E-state index contributed by atoms with van der Waals surface area (Å²) >= 11 is -2.98. The lowest BCUT2D eigenvalue weighted by Gasteiger charge is -1.96. The first-order valence-electron chi connectivity index (χ1n) is 1.45. The molecule has 0 amide bonds. The van der Waals surface area contributed by atoms with Gasteiger partial charge in [-0.05, 0) is 0 Å².